The highest BCUT2D eigenvalue weighted by molar-refractivity contribution is 9.10. The fraction of sp³-hybridized carbons (Fsp3) is 0.455. The first-order valence-corrected chi connectivity index (χ1v) is 5.60. The van der Waals surface area contributed by atoms with Crippen LogP contribution in [0.15, 0.2) is 22.7 Å². The summed E-state index contributed by atoms with van der Waals surface area (Å²) in [4.78, 5) is 0. The first-order chi connectivity index (χ1) is 6.49. The van der Waals surface area contributed by atoms with Crippen molar-refractivity contribution in [2.75, 3.05) is 11.1 Å². The van der Waals surface area contributed by atoms with Gasteiger partial charge in [0.2, 0.25) is 0 Å². The molecule has 2 rings (SSSR count). The van der Waals surface area contributed by atoms with Crippen LogP contribution in [0.25, 0.3) is 0 Å². The SMILES string of the molecule is CC1(C)CC1Nc1ccc(Br)cc1N. The van der Waals surface area contributed by atoms with E-state index in [1.54, 1.807) is 0 Å². The first kappa shape index (κ1) is 9.84. The molecule has 0 saturated heterocycles. The Hall–Kier alpha value is -0.700. The molecule has 0 aromatic heterocycles. The summed E-state index contributed by atoms with van der Waals surface area (Å²) < 4.78 is 1.02. The second-order valence-electron chi connectivity index (χ2n) is 4.62. The Morgan fingerprint density at radius 1 is 1.50 bits per heavy atom. The second kappa shape index (κ2) is 3.16. The van der Waals surface area contributed by atoms with Crippen molar-refractivity contribution in [3.8, 4) is 0 Å². The van der Waals surface area contributed by atoms with Crippen molar-refractivity contribution in [1.82, 2.24) is 0 Å². The predicted octanol–water partition coefficient (Wildman–Crippen LogP) is 3.24. The van der Waals surface area contributed by atoms with Crippen LogP contribution in [0.1, 0.15) is 20.3 Å². The highest BCUT2D eigenvalue weighted by atomic mass is 79.9. The van der Waals surface area contributed by atoms with Crippen LogP contribution < -0.4 is 11.1 Å². The predicted molar refractivity (Wildman–Crippen MR) is 64.4 cm³/mol. The smallest absolute Gasteiger partial charge is 0.0577 e. The number of nitrogens with one attached hydrogen (secondary N) is 1. The van der Waals surface area contributed by atoms with Gasteiger partial charge in [-0.05, 0) is 30.0 Å². The van der Waals surface area contributed by atoms with Gasteiger partial charge >= 0.3 is 0 Å². The Balaban J connectivity index is 2.11. The maximum Gasteiger partial charge on any atom is 0.0577 e. The van der Waals surface area contributed by atoms with E-state index in [2.05, 4.69) is 35.1 Å². The minimum Gasteiger partial charge on any atom is -0.397 e. The lowest BCUT2D eigenvalue weighted by molar-refractivity contribution is 0.631. The van der Waals surface area contributed by atoms with Gasteiger partial charge in [-0.2, -0.15) is 0 Å². The van der Waals surface area contributed by atoms with Gasteiger partial charge in [0.25, 0.3) is 0 Å². The van der Waals surface area contributed by atoms with Crippen LogP contribution in [0.4, 0.5) is 11.4 Å². The van der Waals surface area contributed by atoms with Crippen molar-refractivity contribution in [2.45, 2.75) is 26.3 Å². The lowest BCUT2D eigenvalue weighted by Crippen LogP contribution is -2.09. The van der Waals surface area contributed by atoms with Crippen molar-refractivity contribution in [3.05, 3.63) is 22.7 Å². The molecule has 0 amide bonds. The van der Waals surface area contributed by atoms with E-state index < -0.39 is 0 Å². The summed E-state index contributed by atoms with van der Waals surface area (Å²) in [5.74, 6) is 0. The van der Waals surface area contributed by atoms with E-state index in [4.69, 9.17) is 5.73 Å². The lowest BCUT2D eigenvalue weighted by atomic mass is 10.2. The summed E-state index contributed by atoms with van der Waals surface area (Å²) in [5, 5.41) is 3.46. The summed E-state index contributed by atoms with van der Waals surface area (Å²) in [6, 6.07) is 6.53. The van der Waals surface area contributed by atoms with Gasteiger partial charge < -0.3 is 11.1 Å². The average molecular weight is 255 g/mol. The zero-order chi connectivity index (χ0) is 10.3. The number of hydrogen-bond acceptors (Lipinski definition) is 2. The second-order valence-corrected chi connectivity index (χ2v) is 5.54. The van der Waals surface area contributed by atoms with E-state index in [-0.39, 0.29) is 0 Å². The van der Waals surface area contributed by atoms with Crippen molar-refractivity contribution in [1.29, 1.82) is 0 Å². The summed E-state index contributed by atoms with van der Waals surface area (Å²) in [6.45, 7) is 4.53. The largest absolute Gasteiger partial charge is 0.397 e. The molecule has 1 aliphatic rings. The molecule has 76 valence electrons. The minimum absolute atomic E-state index is 0.430. The quantitative estimate of drug-likeness (QED) is 0.796. The molecule has 1 aliphatic carbocycles. The normalized spacial score (nSPS) is 23.2. The molecule has 1 atom stereocenters. The standard InChI is InChI=1S/C11H15BrN2/c1-11(2)6-10(11)14-9-4-3-7(12)5-8(9)13/h3-5,10,14H,6,13H2,1-2H3. The molecule has 2 nitrogen and oxygen atoms in total. The fourth-order valence-electron chi connectivity index (χ4n) is 1.57. The van der Waals surface area contributed by atoms with Crippen molar-refractivity contribution < 1.29 is 0 Å². The summed E-state index contributed by atoms with van der Waals surface area (Å²) in [7, 11) is 0. The molecule has 0 spiro atoms. The zero-order valence-corrected chi connectivity index (χ0v) is 10.1. The van der Waals surface area contributed by atoms with E-state index in [9.17, 15) is 0 Å². The van der Waals surface area contributed by atoms with E-state index >= 15 is 0 Å². The van der Waals surface area contributed by atoms with E-state index in [1.165, 1.54) is 6.42 Å². The monoisotopic (exact) mass is 254 g/mol. The molecule has 1 fully saturated rings. The van der Waals surface area contributed by atoms with E-state index in [0.717, 1.165) is 15.8 Å². The van der Waals surface area contributed by atoms with Crippen LogP contribution in [0.5, 0.6) is 0 Å². The molecule has 0 aliphatic heterocycles. The number of benzene rings is 1. The lowest BCUT2D eigenvalue weighted by Gasteiger charge is -2.10. The van der Waals surface area contributed by atoms with Crippen LogP contribution in [-0.4, -0.2) is 6.04 Å². The zero-order valence-electron chi connectivity index (χ0n) is 8.47. The van der Waals surface area contributed by atoms with Crippen LogP contribution in [0.3, 0.4) is 0 Å². The summed E-state index contributed by atoms with van der Waals surface area (Å²) in [6.07, 6.45) is 1.22. The van der Waals surface area contributed by atoms with Crippen molar-refractivity contribution in [2.24, 2.45) is 5.41 Å². The van der Waals surface area contributed by atoms with Gasteiger partial charge in [-0.3, -0.25) is 0 Å². The van der Waals surface area contributed by atoms with Crippen molar-refractivity contribution >= 4 is 27.3 Å². The Morgan fingerprint density at radius 3 is 2.64 bits per heavy atom. The maximum atomic E-state index is 5.89. The Bertz CT molecular complexity index is 360. The first-order valence-electron chi connectivity index (χ1n) is 4.80. The van der Waals surface area contributed by atoms with E-state index in [1.807, 2.05) is 18.2 Å². The van der Waals surface area contributed by atoms with Gasteiger partial charge in [-0.15, -0.1) is 0 Å². The Morgan fingerprint density at radius 2 is 2.14 bits per heavy atom. The molecular weight excluding hydrogens is 240 g/mol. The third-order valence-electron chi connectivity index (χ3n) is 2.86. The average Bonchev–Trinajstić information content (AvgIpc) is 2.65. The molecule has 1 saturated carbocycles. The number of hydrogen-bond donors (Lipinski definition) is 2. The number of nitrogens with two attached hydrogens (primary N) is 1. The highest BCUT2D eigenvalue weighted by Gasteiger charge is 2.45. The van der Waals surface area contributed by atoms with Gasteiger partial charge in [-0.1, -0.05) is 29.8 Å². The third kappa shape index (κ3) is 1.87. The highest BCUT2D eigenvalue weighted by Crippen LogP contribution is 2.47. The van der Waals surface area contributed by atoms with Gasteiger partial charge in [-0.25, -0.2) is 0 Å². The molecular formula is C11H15BrN2. The topological polar surface area (TPSA) is 38.0 Å². The summed E-state index contributed by atoms with van der Waals surface area (Å²) in [5.41, 5.74) is 8.18. The van der Waals surface area contributed by atoms with Crippen molar-refractivity contribution in [3.63, 3.8) is 0 Å². The Kier molecular flexibility index (Phi) is 2.22. The molecule has 3 heteroatoms. The molecule has 1 unspecified atom stereocenters. The number of anilines is 2. The third-order valence-corrected chi connectivity index (χ3v) is 3.35. The number of halogens is 1. The summed E-state index contributed by atoms with van der Waals surface area (Å²) >= 11 is 3.39. The molecule has 1 aromatic carbocycles. The molecule has 1 aromatic rings. The molecule has 0 heterocycles. The minimum atomic E-state index is 0.430. The molecule has 14 heavy (non-hydrogen) atoms. The van der Waals surface area contributed by atoms with Gasteiger partial charge in [0.1, 0.15) is 0 Å². The van der Waals surface area contributed by atoms with Gasteiger partial charge in [0, 0.05) is 10.5 Å². The van der Waals surface area contributed by atoms with Crippen LogP contribution in [0.2, 0.25) is 0 Å². The maximum absolute atomic E-state index is 5.89. The number of nitrogen functional groups attached to an aromatic ring is 1. The van der Waals surface area contributed by atoms with Gasteiger partial charge in [0.05, 0.1) is 11.4 Å². The number of rotatable bonds is 2. The fourth-order valence-corrected chi connectivity index (χ4v) is 1.95. The molecule has 0 radical (unpaired) electrons. The van der Waals surface area contributed by atoms with Crippen LogP contribution in [0, 0.1) is 5.41 Å². The van der Waals surface area contributed by atoms with E-state index in [0.29, 0.717) is 11.5 Å². The van der Waals surface area contributed by atoms with Gasteiger partial charge in [0.15, 0.2) is 0 Å². The van der Waals surface area contributed by atoms with Crippen LogP contribution in [-0.2, 0) is 0 Å². The Labute approximate surface area is 93.0 Å². The van der Waals surface area contributed by atoms with Crippen LogP contribution >= 0.6 is 15.9 Å². The molecule has 0 bridgehead atoms. The molecule has 3 N–H and O–H groups in total.